The van der Waals surface area contributed by atoms with Crippen LogP contribution < -0.4 is 4.74 Å². The Labute approximate surface area is 212 Å². The third-order valence-electron chi connectivity index (χ3n) is 8.70. The monoisotopic (exact) mass is 510 g/mol. The number of ether oxygens (including phenoxy) is 1. The van der Waals surface area contributed by atoms with Gasteiger partial charge in [0.05, 0.1) is 5.92 Å². The summed E-state index contributed by atoms with van der Waals surface area (Å²) in [7, 11) is 0. The predicted octanol–water partition coefficient (Wildman–Crippen LogP) is 9.63. The Balaban J connectivity index is 1.20. The first-order valence-corrected chi connectivity index (χ1v) is 13.8. The summed E-state index contributed by atoms with van der Waals surface area (Å²) in [6.07, 6.45) is 17.9. The maximum Gasteiger partial charge on any atom is 0.400 e. The quantitative estimate of drug-likeness (QED) is 0.192. The highest BCUT2D eigenvalue weighted by molar-refractivity contribution is 5.25. The second-order valence-electron chi connectivity index (χ2n) is 11.2. The van der Waals surface area contributed by atoms with Crippen LogP contribution in [0.3, 0.4) is 0 Å². The highest BCUT2D eigenvalue weighted by Gasteiger charge is 2.44. The fraction of sp³-hybridized carbons (Fsp3) is 0.667. The summed E-state index contributed by atoms with van der Waals surface area (Å²) in [5.74, 6) is -3.34. The number of allylic oxidation sites excluding steroid dienone is 4. The first-order chi connectivity index (χ1) is 17.2. The maximum absolute atomic E-state index is 14.6. The smallest absolute Gasteiger partial charge is 0.400 e. The largest absolute Gasteiger partial charge is 0.432 e. The molecule has 1 aromatic carbocycles. The summed E-state index contributed by atoms with van der Waals surface area (Å²) in [6, 6.07) is 0.923. The van der Waals surface area contributed by atoms with E-state index in [0.717, 1.165) is 17.8 Å². The van der Waals surface area contributed by atoms with E-state index in [0.29, 0.717) is 30.9 Å². The van der Waals surface area contributed by atoms with Crippen molar-refractivity contribution in [2.45, 2.75) is 90.1 Å². The van der Waals surface area contributed by atoms with E-state index in [1.165, 1.54) is 51.4 Å². The van der Waals surface area contributed by atoms with Crippen LogP contribution in [0.15, 0.2) is 36.4 Å². The zero-order valence-corrected chi connectivity index (χ0v) is 21.2. The molecule has 1 aromatic rings. The zero-order valence-electron chi connectivity index (χ0n) is 21.2. The van der Waals surface area contributed by atoms with Crippen molar-refractivity contribution < 1.29 is 26.7 Å². The van der Waals surface area contributed by atoms with Gasteiger partial charge >= 0.3 is 6.11 Å². The number of rotatable bonds is 8. The molecule has 0 heterocycles. The average Bonchev–Trinajstić information content (AvgIpc) is 2.87. The van der Waals surface area contributed by atoms with E-state index in [2.05, 4.69) is 36.0 Å². The van der Waals surface area contributed by atoms with Gasteiger partial charge in [0.25, 0.3) is 0 Å². The Morgan fingerprint density at radius 1 is 0.806 bits per heavy atom. The van der Waals surface area contributed by atoms with Gasteiger partial charge in [-0.2, -0.15) is 8.78 Å². The predicted molar refractivity (Wildman–Crippen MR) is 132 cm³/mol. The topological polar surface area (TPSA) is 9.23 Å². The second-order valence-corrected chi connectivity index (χ2v) is 11.2. The molecule has 0 bridgehead atoms. The van der Waals surface area contributed by atoms with Crippen molar-refractivity contribution in [2.75, 3.05) is 0 Å². The van der Waals surface area contributed by atoms with E-state index in [4.69, 9.17) is 0 Å². The molecule has 0 aliphatic heterocycles. The van der Waals surface area contributed by atoms with Gasteiger partial charge in [-0.3, -0.25) is 0 Å². The first-order valence-electron chi connectivity index (χ1n) is 13.8. The molecule has 200 valence electrons. The molecule has 6 heteroatoms. The molecule has 2 unspecified atom stereocenters. The highest BCUT2D eigenvalue weighted by Crippen LogP contribution is 2.42. The summed E-state index contributed by atoms with van der Waals surface area (Å²) in [5.41, 5.74) is 0. The molecule has 0 spiro atoms. The van der Waals surface area contributed by atoms with Crippen LogP contribution in [0.1, 0.15) is 84.0 Å². The maximum atomic E-state index is 14.6. The molecule has 4 rings (SSSR count). The van der Waals surface area contributed by atoms with Gasteiger partial charge in [-0.25, -0.2) is 13.2 Å². The van der Waals surface area contributed by atoms with E-state index in [1.807, 2.05) is 0 Å². The lowest BCUT2D eigenvalue weighted by molar-refractivity contribution is -0.223. The molecule has 3 aliphatic rings. The van der Waals surface area contributed by atoms with Gasteiger partial charge in [0, 0.05) is 12.1 Å². The Kier molecular flexibility index (Phi) is 9.16. The van der Waals surface area contributed by atoms with Crippen LogP contribution in [-0.2, 0) is 0 Å². The molecule has 2 saturated carbocycles. The van der Waals surface area contributed by atoms with Crippen LogP contribution in [0.2, 0.25) is 0 Å². The highest BCUT2D eigenvalue weighted by atomic mass is 19.3. The lowest BCUT2D eigenvalue weighted by Gasteiger charge is -2.35. The fourth-order valence-corrected chi connectivity index (χ4v) is 6.46. The molecule has 3 aliphatic carbocycles. The van der Waals surface area contributed by atoms with Crippen LogP contribution in [0, 0.1) is 53.0 Å². The summed E-state index contributed by atoms with van der Waals surface area (Å²) in [6.45, 7) is 2.26. The average molecular weight is 511 g/mol. The number of halogens is 5. The molecule has 0 radical (unpaired) electrons. The number of benzene rings is 1. The molecule has 1 nitrogen and oxygen atoms in total. The van der Waals surface area contributed by atoms with E-state index in [9.17, 15) is 22.0 Å². The lowest BCUT2D eigenvalue weighted by atomic mass is 9.71. The first kappa shape index (κ1) is 27.2. The molecule has 2 fully saturated rings. The number of hydrogen-bond donors (Lipinski definition) is 0. The van der Waals surface area contributed by atoms with Gasteiger partial charge < -0.3 is 4.74 Å². The van der Waals surface area contributed by atoms with Crippen molar-refractivity contribution in [1.82, 2.24) is 0 Å². The molecule has 0 amide bonds. The van der Waals surface area contributed by atoms with Crippen molar-refractivity contribution in [3.05, 3.63) is 53.9 Å². The van der Waals surface area contributed by atoms with Gasteiger partial charge in [0.15, 0.2) is 17.5 Å². The lowest BCUT2D eigenvalue weighted by Crippen LogP contribution is -2.37. The van der Waals surface area contributed by atoms with Crippen LogP contribution in [-0.4, -0.2) is 6.11 Å². The minimum atomic E-state index is -3.56. The third-order valence-corrected chi connectivity index (χ3v) is 8.70. The SMILES string of the molecule is CCCC1C=CC(C2CCC(/C=C/C3CCC(C(F)(F)Oc4cc(F)c(F)c(F)c4)CC3)CC2)CC1. The third kappa shape index (κ3) is 6.92. The van der Waals surface area contributed by atoms with E-state index >= 15 is 0 Å². The van der Waals surface area contributed by atoms with Crippen LogP contribution in [0.5, 0.6) is 5.75 Å². The van der Waals surface area contributed by atoms with Crippen LogP contribution >= 0.6 is 0 Å². The summed E-state index contributed by atoms with van der Waals surface area (Å²) in [5, 5.41) is 0. The molecule has 0 aromatic heterocycles. The minimum Gasteiger partial charge on any atom is -0.432 e. The zero-order chi connectivity index (χ0) is 25.7. The van der Waals surface area contributed by atoms with Crippen molar-refractivity contribution in [1.29, 1.82) is 0 Å². The molecular weight excluding hydrogens is 471 g/mol. The van der Waals surface area contributed by atoms with Crippen LogP contribution in [0.25, 0.3) is 0 Å². The van der Waals surface area contributed by atoms with E-state index < -0.39 is 35.2 Å². The van der Waals surface area contributed by atoms with Gasteiger partial charge in [-0.05, 0) is 100 Å². The molecule has 0 N–H and O–H groups in total. The van der Waals surface area contributed by atoms with Gasteiger partial charge in [0.2, 0.25) is 0 Å². The second kappa shape index (κ2) is 12.1. The molecule has 36 heavy (non-hydrogen) atoms. The van der Waals surface area contributed by atoms with Gasteiger partial charge in [-0.1, -0.05) is 37.6 Å². The van der Waals surface area contributed by atoms with Crippen molar-refractivity contribution in [3.63, 3.8) is 0 Å². The van der Waals surface area contributed by atoms with Gasteiger partial charge in [-0.15, -0.1) is 0 Å². The minimum absolute atomic E-state index is 0.271. The Morgan fingerprint density at radius 2 is 1.39 bits per heavy atom. The molecule has 2 atom stereocenters. The Bertz CT molecular complexity index is 887. The Hall–Kier alpha value is -1.85. The Morgan fingerprint density at radius 3 is 1.92 bits per heavy atom. The van der Waals surface area contributed by atoms with E-state index in [1.54, 1.807) is 0 Å². The standard InChI is InChI=1S/C30H39F5O/c1-2-3-20-6-12-23(13-7-20)24-14-8-21(9-15-24)4-5-22-10-16-25(17-11-22)30(34,35)36-26-18-27(31)29(33)28(32)19-26/h4-6,12,18-25H,2-3,7-11,13-17H2,1H3/b5-4+. The van der Waals surface area contributed by atoms with Crippen molar-refractivity contribution in [2.24, 2.45) is 35.5 Å². The van der Waals surface area contributed by atoms with E-state index in [-0.39, 0.29) is 18.8 Å². The van der Waals surface area contributed by atoms with Crippen LogP contribution in [0.4, 0.5) is 22.0 Å². The summed E-state index contributed by atoms with van der Waals surface area (Å²) in [4.78, 5) is 0. The van der Waals surface area contributed by atoms with Crippen molar-refractivity contribution >= 4 is 0 Å². The normalized spacial score (nSPS) is 31.6. The van der Waals surface area contributed by atoms with Gasteiger partial charge in [0.1, 0.15) is 5.75 Å². The molecule has 0 saturated heterocycles. The van der Waals surface area contributed by atoms with Crippen molar-refractivity contribution in [3.8, 4) is 5.75 Å². The molecular formula is C30H39F5O. The summed E-state index contributed by atoms with van der Waals surface area (Å²) >= 11 is 0. The fourth-order valence-electron chi connectivity index (χ4n) is 6.46. The summed E-state index contributed by atoms with van der Waals surface area (Å²) < 4.78 is 73.7. The number of alkyl halides is 2. The number of hydrogen-bond acceptors (Lipinski definition) is 1.